The van der Waals surface area contributed by atoms with E-state index >= 15 is 0 Å². The van der Waals surface area contributed by atoms with Crippen molar-refractivity contribution in [3.8, 4) is 0 Å². The van der Waals surface area contributed by atoms with Crippen LogP contribution < -0.4 is 10.6 Å². The maximum atomic E-state index is 11.7. The minimum atomic E-state index is -0.456. The van der Waals surface area contributed by atoms with Crippen LogP contribution in [0.15, 0.2) is 0 Å². The monoisotopic (exact) mass is 288 g/mol. The average molecular weight is 288 g/mol. The van der Waals surface area contributed by atoms with Crippen molar-refractivity contribution in [2.45, 2.75) is 63.9 Å². The molecule has 0 saturated heterocycles. The van der Waals surface area contributed by atoms with Crippen molar-refractivity contribution in [3.05, 3.63) is 0 Å². The number of carbonyl (C=O) groups excluding carboxylic acids is 1. The number of nitrogens with one attached hydrogen (secondary N) is 2. The van der Waals surface area contributed by atoms with Crippen LogP contribution in [0.3, 0.4) is 0 Å². The maximum absolute atomic E-state index is 11.7. The average Bonchev–Trinajstić information content (AvgIpc) is 2.82. The largest absolute Gasteiger partial charge is 0.391 e. The molecule has 112 valence electrons. The van der Waals surface area contributed by atoms with E-state index < -0.39 is 6.10 Å². The summed E-state index contributed by atoms with van der Waals surface area (Å²) in [6, 6.07) is 0.152. The predicted molar refractivity (Wildman–Crippen MR) is 81.6 cm³/mol. The molecule has 1 aliphatic carbocycles. The fraction of sp³-hybridized carbons (Fsp3) is 0.929. The SMILES string of the molecule is CCSC1CCC(NC(=O)NCC(O)C(C)CC)C1. The Morgan fingerprint density at radius 3 is 2.79 bits per heavy atom. The second-order valence-electron chi connectivity index (χ2n) is 5.39. The molecule has 3 N–H and O–H groups in total. The Labute approximate surface area is 121 Å². The van der Waals surface area contributed by atoms with Crippen LogP contribution in [0, 0.1) is 5.92 Å². The third-order valence-electron chi connectivity index (χ3n) is 3.89. The molecular weight excluding hydrogens is 260 g/mol. The first-order valence-corrected chi connectivity index (χ1v) is 8.45. The van der Waals surface area contributed by atoms with Crippen LogP contribution in [0.5, 0.6) is 0 Å². The molecule has 1 aliphatic rings. The summed E-state index contributed by atoms with van der Waals surface area (Å²) < 4.78 is 0. The molecule has 19 heavy (non-hydrogen) atoms. The molecule has 0 aromatic rings. The Morgan fingerprint density at radius 1 is 1.42 bits per heavy atom. The number of rotatable bonds is 7. The molecule has 2 amide bonds. The first kappa shape index (κ1) is 16.6. The summed E-state index contributed by atoms with van der Waals surface area (Å²) in [6.45, 7) is 6.54. The summed E-state index contributed by atoms with van der Waals surface area (Å²) in [7, 11) is 0. The molecule has 0 bridgehead atoms. The van der Waals surface area contributed by atoms with Gasteiger partial charge in [-0.3, -0.25) is 0 Å². The minimum Gasteiger partial charge on any atom is -0.391 e. The molecular formula is C14H28N2O2S. The standard InChI is InChI=1S/C14H28N2O2S/c1-4-10(3)13(17)9-15-14(18)16-11-6-7-12(8-11)19-5-2/h10-13,17H,4-9H2,1-3H3,(H2,15,16,18). The second kappa shape index (κ2) is 8.69. The zero-order valence-corrected chi connectivity index (χ0v) is 13.1. The van der Waals surface area contributed by atoms with E-state index in [0.717, 1.165) is 25.0 Å². The van der Waals surface area contributed by atoms with E-state index in [-0.39, 0.29) is 11.9 Å². The molecule has 0 aromatic carbocycles. The van der Waals surface area contributed by atoms with Crippen LogP contribution in [0.4, 0.5) is 4.79 Å². The summed E-state index contributed by atoms with van der Waals surface area (Å²) >= 11 is 1.98. The quantitative estimate of drug-likeness (QED) is 0.674. The van der Waals surface area contributed by atoms with Crippen LogP contribution >= 0.6 is 11.8 Å². The first-order valence-electron chi connectivity index (χ1n) is 7.40. The van der Waals surface area contributed by atoms with Crippen molar-refractivity contribution in [1.82, 2.24) is 10.6 Å². The molecule has 1 fully saturated rings. The Balaban J connectivity index is 2.18. The summed E-state index contributed by atoms with van der Waals surface area (Å²) in [5.41, 5.74) is 0. The number of urea groups is 1. The maximum Gasteiger partial charge on any atom is 0.315 e. The van der Waals surface area contributed by atoms with Gasteiger partial charge in [0.05, 0.1) is 6.10 Å². The Morgan fingerprint density at radius 2 is 2.16 bits per heavy atom. The molecule has 1 saturated carbocycles. The lowest BCUT2D eigenvalue weighted by molar-refractivity contribution is 0.114. The molecule has 0 heterocycles. The van der Waals surface area contributed by atoms with Crippen LogP contribution in [0.25, 0.3) is 0 Å². The van der Waals surface area contributed by atoms with Gasteiger partial charge in [-0.15, -0.1) is 0 Å². The molecule has 1 rings (SSSR count). The highest BCUT2D eigenvalue weighted by Crippen LogP contribution is 2.29. The fourth-order valence-electron chi connectivity index (χ4n) is 2.37. The van der Waals surface area contributed by atoms with Gasteiger partial charge in [0, 0.05) is 17.8 Å². The van der Waals surface area contributed by atoms with E-state index in [2.05, 4.69) is 17.6 Å². The van der Waals surface area contributed by atoms with Gasteiger partial charge in [0.15, 0.2) is 0 Å². The minimum absolute atomic E-state index is 0.144. The number of carbonyl (C=O) groups is 1. The smallest absolute Gasteiger partial charge is 0.315 e. The Kier molecular flexibility index (Phi) is 7.61. The molecule has 0 spiro atoms. The molecule has 5 heteroatoms. The number of aliphatic hydroxyl groups excluding tert-OH is 1. The molecule has 0 aliphatic heterocycles. The normalized spacial score (nSPS) is 25.9. The summed E-state index contributed by atoms with van der Waals surface area (Å²) in [4.78, 5) is 11.7. The van der Waals surface area contributed by atoms with Crippen molar-refractivity contribution < 1.29 is 9.90 Å². The van der Waals surface area contributed by atoms with E-state index in [1.807, 2.05) is 25.6 Å². The van der Waals surface area contributed by atoms with Crippen molar-refractivity contribution in [2.24, 2.45) is 5.92 Å². The highest BCUT2D eigenvalue weighted by Gasteiger charge is 2.25. The molecule has 4 atom stereocenters. The highest BCUT2D eigenvalue weighted by atomic mass is 32.2. The van der Waals surface area contributed by atoms with E-state index in [4.69, 9.17) is 0 Å². The van der Waals surface area contributed by atoms with Gasteiger partial charge < -0.3 is 15.7 Å². The Bertz CT molecular complexity index is 276. The number of hydrogen-bond acceptors (Lipinski definition) is 3. The lowest BCUT2D eigenvalue weighted by Gasteiger charge is -2.19. The number of thioether (sulfide) groups is 1. The van der Waals surface area contributed by atoms with Gasteiger partial charge in [0.2, 0.25) is 0 Å². The van der Waals surface area contributed by atoms with Crippen molar-refractivity contribution in [1.29, 1.82) is 0 Å². The van der Waals surface area contributed by atoms with Gasteiger partial charge in [-0.1, -0.05) is 27.2 Å². The summed E-state index contributed by atoms with van der Waals surface area (Å²) in [5.74, 6) is 1.36. The predicted octanol–water partition coefficient (Wildman–Crippen LogP) is 2.37. The lowest BCUT2D eigenvalue weighted by atomic mass is 10.0. The van der Waals surface area contributed by atoms with E-state index in [1.165, 1.54) is 6.42 Å². The van der Waals surface area contributed by atoms with Gasteiger partial charge >= 0.3 is 6.03 Å². The van der Waals surface area contributed by atoms with Crippen molar-refractivity contribution >= 4 is 17.8 Å². The van der Waals surface area contributed by atoms with Crippen LogP contribution in [0.2, 0.25) is 0 Å². The lowest BCUT2D eigenvalue weighted by Crippen LogP contribution is -2.44. The second-order valence-corrected chi connectivity index (χ2v) is 6.97. The van der Waals surface area contributed by atoms with E-state index in [0.29, 0.717) is 17.8 Å². The van der Waals surface area contributed by atoms with E-state index in [1.54, 1.807) is 0 Å². The zero-order valence-electron chi connectivity index (χ0n) is 12.3. The molecule has 0 radical (unpaired) electrons. The van der Waals surface area contributed by atoms with Gasteiger partial charge in [-0.25, -0.2) is 4.79 Å². The number of aliphatic hydroxyl groups is 1. The molecule has 4 nitrogen and oxygen atoms in total. The van der Waals surface area contributed by atoms with Gasteiger partial charge in [-0.2, -0.15) is 11.8 Å². The third-order valence-corrected chi connectivity index (χ3v) is 5.13. The molecule has 4 unspecified atom stereocenters. The summed E-state index contributed by atoms with van der Waals surface area (Å²) in [5, 5.41) is 16.3. The molecule has 0 aromatic heterocycles. The summed E-state index contributed by atoms with van der Waals surface area (Å²) in [6.07, 6.45) is 3.79. The van der Waals surface area contributed by atoms with Crippen molar-refractivity contribution in [2.75, 3.05) is 12.3 Å². The van der Waals surface area contributed by atoms with Gasteiger partial charge in [0.25, 0.3) is 0 Å². The van der Waals surface area contributed by atoms with Crippen LogP contribution in [-0.4, -0.2) is 40.8 Å². The van der Waals surface area contributed by atoms with E-state index in [9.17, 15) is 9.90 Å². The van der Waals surface area contributed by atoms with Gasteiger partial charge in [-0.05, 0) is 30.9 Å². The van der Waals surface area contributed by atoms with Crippen LogP contribution in [-0.2, 0) is 0 Å². The zero-order chi connectivity index (χ0) is 14.3. The highest BCUT2D eigenvalue weighted by molar-refractivity contribution is 7.99. The first-order chi connectivity index (χ1) is 9.06. The third kappa shape index (κ3) is 6.04. The Hall–Kier alpha value is -0.420. The topological polar surface area (TPSA) is 61.4 Å². The van der Waals surface area contributed by atoms with Crippen molar-refractivity contribution in [3.63, 3.8) is 0 Å². The number of amides is 2. The number of hydrogen-bond donors (Lipinski definition) is 3. The van der Waals surface area contributed by atoms with Gasteiger partial charge in [0.1, 0.15) is 0 Å². The fourth-order valence-corrected chi connectivity index (χ4v) is 3.51. The van der Waals surface area contributed by atoms with Crippen LogP contribution in [0.1, 0.15) is 46.5 Å².